The van der Waals surface area contributed by atoms with Crippen LogP contribution in [0, 0.1) is 0 Å². The summed E-state index contributed by atoms with van der Waals surface area (Å²) in [4.78, 5) is 27.2. The Bertz CT molecular complexity index is 1390. The first-order valence-corrected chi connectivity index (χ1v) is 12.7. The number of nitrogen functional groups attached to an aromatic ring is 1. The minimum Gasteiger partial charge on any atom is -0.488 e. The molecule has 6 N–H and O–H groups in total. The lowest BCUT2D eigenvalue weighted by Crippen LogP contribution is -2.60. The van der Waals surface area contributed by atoms with Crippen LogP contribution in [0.1, 0.15) is 39.6 Å². The van der Waals surface area contributed by atoms with Gasteiger partial charge < -0.3 is 40.4 Å². The van der Waals surface area contributed by atoms with Crippen molar-refractivity contribution in [1.29, 1.82) is 0 Å². The topological polar surface area (TPSA) is 172 Å². The summed E-state index contributed by atoms with van der Waals surface area (Å²) in [5.41, 5.74) is 7.96. The molecule has 0 radical (unpaired) electrons. The zero-order valence-corrected chi connectivity index (χ0v) is 21.2. The number of imide groups is 1. The van der Waals surface area contributed by atoms with Crippen LogP contribution in [0.25, 0.3) is 10.8 Å². The molecule has 3 aromatic carbocycles. The number of carbonyl (C=O) groups is 2. The molecule has 1 saturated heterocycles. The highest BCUT2D eigenvalue weighted by atomic mass is 16.7. The molecule has 0 spiro atoms. The van der Waals surface area contributed by atoms with Crippen molar-refractivity contribution in [2.75, 3.05) is 18.9 Å². The molecular weight excluding hydrogens is 508 g/mol. The van der Waals surface area contributed by atoms with Crippen molar-refractivity contribution in [2.24, 2.45) is 0 Å². The smallest absolute Gasteiger partial charge is 0.261 e. The Kier molecular flexibility index (Phi) is 7.43. The molecular formula is C28H30N2O9. The lowest BCUT2D eigenvalue weighted by atomic mass is 9.93. The largest absolute Gasteiger partial charge is 0.488 e. The predicted molar refractivity (Wildman–Crippen MR) is 139 cm³/mol. The molecule has 11 nitrogen and oxygen atoms in total. The van der Waals surface area contributed by atoms with Gasteiger partial charge in [0.05, 0.1) is 12.3 Å². The summed E-state index contributed by atoms with van der Waals surface area (Å²) in [6.07, 6.45) is -6.43. The molecule has 0 aromatic heterocycles. The van der Waals surface area contributed by atoms with E-state index in [2.05, 4.69) is 0 Å². The van der Waals surface area contributed by atoms with E-state index in [1.54, 1.807) is 48.5 Å². The summed E-state index contributed by atoms with van der Waals surface area (Å²) in [5, 5.41) is 40.7. The number of anilines is 1. The van der Waals surface area contributed by atoms with Crippen LogP contribution in [0.4, 0.5) is 5.69 Å². The Labute approximate surface area is 223 Å². The van der Waals surface area contributed by atoms with E-state index in [0.29, 0.717) is 46.2 Å². The number of rotatable bonds is 8. The van der Waals surface area contributed by atoms with E-state index in [1.165, 1.54) is 4.90 Å². The van der Waals surface area contributed by atoms with Crippen LogP contribution >= 0.6 is 0 Å². The molecule has 2 heterocycles. The molecule has 206 valence electrons. The number of aliphatic hydroxyl groups excluding tert-OH is 4. The second kappa shape index (κ2) is 10.8. The Morgan fingerprint density at radius 3 is 2.36 bits per heavy atom. The lowest BCUT2D eigenvalue weighted by molar-refractivity contribution is -0.277. The van der Waals surface area contributed by atoms with Gasteiger partial charge in [-0.25, -0.2) is 0 Å². The van der Waals surface area contributed by atoms with Gasteiger partial charge in [0.15, 0.2) is 0 Å². The SMILES string of the molecule is CCCN1C(=O)c2cccc3c(OCc4ccc(O[C@H]5O[C@@H](CO)[C@@H](O)[C@@H](O)[C@@H]5O)c(N)c4)ccc(c23)C1=O. The maximum absolute atomic E-state index is 13.0. The van der Waals surface area contributed by atoms with Crippen LogP contribution < -0.4 is 15.2 Å². The standard InChI is InChI=1S/C28H30N2O9/c1-2-10-30-26(35)16-5-3-4-15-19(9-7-17(22(15)16)27(30)36)37-13-14-6-8-20(18(29)11-14)38-28-25(34)24(33)23(32)21(12-31)39-28/h3-9,11,21,23-25,28,31-34H,2,10,12-13,29H2,1H3/t21-,23+,24+,25-,28-/m0/s1. The fourth-order valence-electron chi connectivity index (χ4n) is 4.92. The van der Waals surface area contributed by atoms with Crippen molar-refractivity contribution in [3.05, 3.63) is 65.2 Å². The van der Waals surface area contributed by atoms with E-state index >= 15 is 0 Å². The van der Waals surface area contributed by atoms with Gasteiger partial charge in [-0.05, 0) is 42.3 Å². The summed E-state index contributed by atoms with van der Waals surface area (Å²) in [5.74, 6) is 0.0263. The maximum atomic E-state index is 13.0. The first-order valence-electron chi connectivity index (χ1n) is 12.7. The van der Waals surface area contributed by atoms with Crippen LogP contribution in [0.2, 0.25) is 0 Å². The van der Waals surface area contributed by atoms with E-state index < -0.39 is 37.3 Å². The number of nitrogens with two attached hydrogens (primary N) is 1. The first-order chi connectivity index (χ1) is 18.7. The van der Waals surface area contributed by atoms with E-state index in [0.717, 1.165) is 0 Å². The highest BCUT2D eigenvalue weighted by Crippen LogP contribution is 2.36. The van der Waals surface area contributed by atoms with Gasteiger partial charge in [-0.3, -0.25) is 14.5 Å². The Hall–Kier alpha value is -3.74. The fourth-order valence-corrected chi connectivity index (χ4v) is 4.92. The first kappa shape index (κ1) is 26.9. The quantitative estimate of drug-likeness (QED) is 0.207. The monoisotopic (exact) mass is 538 g/mol. The third-order valence-corrected chi connectivity index (χ3v) is 6.96. The minimum absolute atomic E-state index is 0.118. The van der Waals surface area contributed by atoms with Gasteiger partial charge in [-0.1, -0.05) is 25.1 Å². The van der Waals surface area contributed by atoms with Crippen molar-refractivity contribution in [3.8, 4) is 11.5 Å². The van der Waals surface area contributed by atoms with Gasteiger partial charge in [-0.2, -0.15) is 0 Å². The summed E-state index contributed by atoms with van der Waals surface area (Å²) in [6, 6.07) is 13.5. The molecule has 0 saturated carbocycles. The molecule has 2 aliphatic rings. The van der Waals surface area contributed by atoms with Crippen molar-refractivity contribution in [3.63, 3.8) is 0 Å². The average molecular weight is 539 g/mol. The number of benzene rings is 3. The van der Waals surface area contributed by atoms with Crippen molar-refractivity contribution >= 4 is 28.3 Å². The van der Waals surface area contributed by atoms with Crippen LogP contribution in [0.15, 0.2) is 48.5 Å². The number of amides is 2. The van der Waals surface area contributed by atoms with Crippen molar-refractivity contribution in [2.45, 2.75) is 50.7 Å². The van der Waals surface area contributed by atoms with E-state index in [1.807, 2.05) is 6.92 Å². The van der Waals surface area contributed by atoms with E-state index in [4.69, 9.17) is 19.9 Å². The molecule has 3 aromatic rings. The maximum Gasteiger partial charge on any atom is 0.261 e. The van der Waals surface area contributed by atoms with Gasteiger partial charge in [0.2, 0.25) is 6.29 Å². The van der Waals surface area contributed by atoms with Crippen LogP contribution in [-0.4, -0.2) is 81.0 Å². The Morgan fingerprint density at radius 2 is 1.67 bits per heavy atom. The minimum atomic E-state index is -1.57. The average Bonchev–Trinajstić information content (AvgIpc) is 2.94. The number of aliphatic hydroxyl groups is 4. The highest BCUT2D eigenvalue weighted by Gasteiger charge is 2.44. The predicted octanol–water partition coefficient (Wildman–Crippen LogP) is 1.19. The zero-order valence-electron chi connectivity index (χ0n) is 21.2. The van der Waals surface area contributed by atoms with Crippen LogP contribution in [-0.2, 0) is 11.3 Å². The number of nitrogens with zero attached hydrogens (tertiary/aromatic N) is 1. The second-order valence-electron chi connectivity index (χ2n) is 9.58. The molecule has 2 amide bonds. The van der Waals surface area contributed by atoms with Crippen molar-refractivity contribution < 1.29 is 44.2 Å². The number of ether oxygens (including phenoxy) is 3. The fraction of sp³-hybridized carbons (Fsp3) is 0.357. The molecule has 0 aliphatic carbocycles. The number of carbonyl (C=O) groups excluding carboxylic acids is 2. The molecule has 0 bridgehead atoms. The zero-order chi connectivity index (χ0) is 27.8. The van der Waals surface area contributed by atoms with Gasteiger partial charge in [0, 0.05) is 28.4 Å². The number of hydrogen-bond acceptors (Lipinski definition) is 10. The summed E-state index contributed by atoms with van der Waals surface area (Å²) in [7, 11) is 0. The normalized spacial score (nSPS) is 24.7. The molecule has 0 unspecified atom stereocenters. The third-order valence-electron chi connectivity index (χ3n) is 6.96. The molecule has 2 aliphatic heterocycles. The van der Waals surface area contributed by atoms with Gasteiger partial charge >= 0.3 is 0 Å². The van der Waals surface area contributed by atoms with Crippen LogP contribution in [0.5, 0.6) is 11.5 Å². The van der Waals surface area contributed by atoms with Crippen molar-refractivity contribution in [1.82, 2.24) is 4.90 Å². The third kappa shape index (κ3) is 4.79. The van der Waals surface area contributed by atoms with E-state index in [-0.39, 0.29) is 29.9 Å². The summed E-state index contributed by atoms with van der Waals surface area (Å²) in [6.45, 7) is 1.80. The molecule has 1 fully saturated rings. The summed E-state index contributed by atoms with van der Waals surface area (Å²) < 4.78 is 17.1. The van der Waals surface area contributed by atoms with Crippen LogP contribution in [0.3, 0.4) is 0 Å². The Morgan fingerprint density at radius 1 is 0.949 bits per heavy atom. The Balaban J connectivity index is 1.33. The second-order valence-corrected chi connectivity index (χ2v) is 9.58. The summed E-state index contributed by atoms with van der Waals surface area (Å²) >= 11 is 0. The number of hydrogen-bond donors (Lipinski definition) is 5. The molecule has 5 atom stereocenters. The van der Waals surface area contributed by atoms with E-state index in [9.17, 15) is 30.0 Å². The van der Waals surface area contributed by atoms with Gasteiger partial charge in [0.25, 0.3) is 11.8 Å². The molecule has 11 heteroatoms. The highest BCUT2D eigenvalue weighted by molar-refractivity contribution is 6.26. The lowest BCUT2D eigenvalue weighted by Gasteiger charge is -2.39. The molecule has 5 rings (SSSR count). The molecule has 39 heavy (non-hydrogen) atoms. The van der Waals surface area contributed by atoms with Gasteiger partial charge in [-0.15, -0.1) is 0 Å². The van der Waals surface area contributed by atoms with Gasteiger partial charge in [0.1, 0.15) is 42.5 Å².